The van der Waals surface area contributed by atoms with E-state index in [-0.39, 0.29) is 11.7 Å². The predicted molar refractivity (Wildman–Crippen MR) is 110 cm³/mol. The highest BCUT2D eigenvalue weighted by molar-refractivity contribution is 7.99. The van der Waals surface area contributed by atoms with E-state index in [1.807, 2.05) is 36.4 Å². The first kappa shape index (κ1) is 19.9. The Labute approximate surface area is 168 Å². The van der Waals surface area contributed by atoms with Gasteiger partial charge in [-0.1, -0.05) is 37.7 Å². The van der Waals surface area contributed by atoms with E-state index in [9.17, 15) is 4.79 Å². The van der Waals surface area contributed by atoms with Gasteiger partial charge in [0.05, 0.1) is 18.6 Å². The van der Waals surface area contributed by atoms with Crippen molar-refractivity contribution in [1.29, 1.82) is 0 Å². The molecule has 3 aromatic rings. The number of benzene rings is 2. The number of methoxy groups -OCH3 is 1. The molecule has 0 aliphatic rings. The molecular weight excluding hydrogens is 374 g/mol. The molecule has 1 aromatic heterocycles. The summed E-state index contributed by atoms with van der Waals surface area (Å²) in [5, 5.41) is 15.2. The fourth-order valence-corrected chi connectivity index (χ4v) is 3.30. The van der Waals surface area contributed by atoms with Crippen LogP contribution in [0.1, 0.15) is 31.7 Å². The summed E-state index contributed by atoms with van der Waals surface area (Å²) in [5.41, 5.74) is 2.86. The van der Waals surface area contributed by atoms with Crippen LogP contribution < -0.4 is 10.1 Å². The quantitative estimate of drug-likeness (QED) is 0.580. The van der Waals surface area contributed by atoms with Crippen molar-refractivity contribution in [2.24, 2.45) is 0 Å². The maximum atomic E-state index is 12.3. The third kappa shape index (κ3) is 4.89. The molecule has 0 fully saturated rings. The van der Waals surface area contributed by atoms with Crippen LogP contribution in [-0.4, -0.2) is 39.0 Å². The van der Waals surface area contributed by atoms with Crippen LogP contribution in [0.3, 0.4) is 0 Å². The molecule has 3 rings (SSSR count). The fraction of sp³-hybridized carbons (Fsp3) is 0.300. The van der Waals surface area contributed by atoms with Gasteiger partial charge in [0.1, 0.15) is 5.75 Å². The van der Waals surface area contributed by atoms with E-state index in [1.54, 1.807) is 11.8 Å². The molecule has 0 aliphatic heterocycles. The Morgan fingerprint density at radius 3 is 2.54 bits per heavy atom. The lowest BCUT2D eigenvalue weighted by molar-refractivity contribution is -0.113. The Bertz CT molecular complexity index is 909. The first-order chi connectivity index (χ1) is 13.6. The highest BCUT2D eigenvalue weighted by Gasteiger charge is 2.12. The number of nitrogens with one attached hydrogen (secondary N) is 1. The Kier molecular flexibility index (Phi) is 6.65. The van der Waals surface area contributed by atoms with Gasteiger partial charge in [-0.2, -0.15) is 4.68 Å². The van der Waals surface area contributed by atoms with E-state index < -0.39 is 0 Å². The van der Waals surface area contributed by atoms with E-state index in [0.717, 1.165) is 23.5 Å². The lowest BCUT2D eigenvalue weighted by atomic mass is 9.99. The van der Waals surface area contributed by atoms with Crippen molar-refractivity contribution < 1.29 is 9.53 Å². The number of anilines is 1. The molecule has 1 atom stereocenters. The van der Waals surface area contributed by atoms with Gasteiger partial charge in [0.2, 0.25) is 11.1 Å². The van der Waals surface area contributed by atoms with Crippen molar-refractivity contribution in [3.63, 3.8) is 0 Å². The number of rotatable bonds is 8. The molecule has 1 N–H and O–H groups in total. The molecule has 2 aromatic carbocycles. The predicted octanol–water partition coefficient (Wildman–Crippen LogP) is 3.92. The second-order valence-corrected chi connectivity index (χ2v) is 7.28. The molecule has 28 heavy (non-hydrogen) atoms. The van der Waals surface area contributed by atoms with Crippen LogP contribution in [0, 0.1) is 0 Å². The number of tetrazole rings is 1. The summed E-state index contributed by atoms with van der Waals surface area (Å²) in [7, 11) is 1.61. The smallest absolute Gasteiger partial charge is 0.234 e. The highest BCUT2D eigenvalue weighted by Crippen LogP contribution is 2.22. The van der Waals surface area contributed by atoms with Gasteiger partial charge in [-0.15, -0.1) is 5.10 Å². The maximum absolute atomic E-state index is 12.3. The molecule has 0 spiro atoms. The average molecular weight is 398 g/mol. The third-order valence-corrected chi connectivity index (χ3v) is 5.39. The molecule has 0 saturated carbocycles. The van der Waals surface area contributed by atoms with Gasteiger partial charge in [-0.05, 0) is 64.7 Å². The van der Waals surface area contributed by atoms with E-state index in [4.69, 9.17) is 4.74 Å². The summed E-state index contributed by atoms with van der Waals surface area (Å²) in [4.78, 5) is 12.3. The minimum absolute atomic E-state index is 0.106. The first-order valence-corrected chi connectivity index (χ1v) is 10.0. The zero-order valence-electron chi connectivity index (χ0n) is 16.1. The van der Waals surface area contributed by atoms with E-state index in [1.165, 1.54) is 17.3 Å². The minimum Gasteiger partial charge on any atom is -0.497 e. The summed E-state index contributed by atoms with van der Waals surface area (Å²) in [6, 6.07) is 15.4. The first-order valence-electron chi connectivity index (χ1n) is 9.06. The third-order valence-electron chi connectivity index (χ3n) is 4.47. The standard InChI is InChI=1S/C20H23N5O2S/c1-4-14(2)15-5-7-16(8-6-15)21-19(26)13-28-20-22-23-24-25(20)17-9-11-18(27-3)12-10-17/h5-12,14H,4,13H2,1-3H3,(H,21,26)/t14-/m0/s1. The number of aromatic nitrogens is 4. The summed E-state index contributed by atoms with van der Waals surface area (Å²) in [6.45, 7) is 4.36. The summed E-state index contributed by atoms with van der Waals surface area (Å²) < 4.78 is 6.76. The second-order valence-electron chi connectivity index (χ2n) is 6.34. The second kappa shape index (κ2) is 9.36. The Hall–Kier alpha value is -2.87. The number of carbonyl (C=O) groups excluding carboxylic acids is 1. The molecule has 8 heteroatoms. The van der Waals surface area contributed by atoms with Crippen molar-refractivity contribution in [3.8, 4) is 11.4 Å². The number of thioether (sulfide) groups is 1. The van der Waals surface area contributed by atoms with Crippen LogP contribution >= 0.6 is 11.8 Å². The minimum atomic E-state index is -0.106. The van der Waals surface area contributed by atoms with Gasteiger partial charge in [-0.3, -0.25) is 4.79 Å². The van der Waals surface area contributed by atoms with Gasteiger partial charge in [0.15, 0.2) is 0 Å². The van der Waals surface area contributed by atoms with E-state index in [0.29, 0.717) is 11.1 Å². The van der Waals surface area contributed by atoms with Crippen molar-refractivity contribution in [2.45, 2.75) is 31.3 Å². The fourth-order valence-electron chi connectivity index (χ4n) is 2.61. The highest BCUT2D eigenvalue weighted by atomic mass is 32.2. The monoisotopic (exact) mass is 397 g/mol. The zero-order chi connectivity index (χ0) is 19.9. The molecule has 0 bridgehead atoms. The Balaban J connectivity index is 1.58. The van der Waals surface area contributed by atoms with Crippen molar-refractivity contribution in [2.75, 3.05) is 18.2 Å². The molecule has 0 radical (unpaired) electrons. The summed E-state index contributed by atoms with van der Waals surface area (Å²) in [6.07, 6.45) is 1.09. The lowest BCUT2D eigenvalue weighted by Gasteiger charge is -2.10. The number of carbonyl (C=O) groups is 1. The van der Waals surface area contributed by atoms with Gasteiger partial charge in [0.25, 0.3) is 0 Å². The molecule has 7 nitrogen and oxygen atoms in total. The van der Waals surface area contributed by atoms with Crippen LogP contribution in [0.4, 0.5) is 5.69 Å². The number of ether oxygens (including phenoxy) is 1. The van der Waals surface area contributed by atoms with Crippen LogP contribution in [-0.2, 0) is 4.79 Å². The Morgan fingerprint density at radius 2 is 1.89 bits per heavy atom. The van der Waals surface area contributed by atoms with Gasteiger partial charge < -0.3 is 10.1 Å². The van der Waals surface area contributed by atoms with Crippen LogP contribution in [0.2, 0.25) is 0 Å². The topological polar surface area (TPSA) is 81.9 Å². The maximum Gasteiger partial charge on any atom is 0.234 e. The Morgan fingerprint density at radius 1 is 1.18 bits per heavy atom. The molecule has 0 aliphatic carbocycles. The summed E-state index contributed by atoms with van der Waals surface area (Å²) >= 11 is 1.28. The van der Waals surface area contributed by atoms with Crippen LogP contribution in [0.25, 0.3) is 5.69 Å². The number of hydrogen-bond donors (Lipinski definition) is 1. The van der Waals surface area contributed by atoms with Gasteiger partial charge in [-0.25, -0.2) is 0 Å². The van der Waals surface area contributed by atoms with Crippen molar-refractivity contribution in [3.05, 3.63) is 54.1 Å². The van der Waals surface area contributed by atoms with E-state index >= 15 is 0 Å². The van der Waals surface area contributed by atoms with Crippen LogP contribution in [0.5, 0.6) is 5.75 Å². The molecular formula is C20H23N5O2S. The molecule has 0 saturated heterocycles. The van der Waals surface area contributed by atoms with Crippen molar-refractivity contribution >= 4 is 23.4 Å². The van der Waals surface area contributed by atoms with Crippen LogP contribution in [0.15, 0.2) is 53.7 Å². The van der Waals surface area contributed by atoms with E-state index in [2.05, 4.69) is 46.8 Å². The number of amides is 1. The number of hydrogen-bond acceptors (Lipinski definition) is 6. The zero-order valence-corrected chi connectivity index (χ0v) is 16.9. The molecule has 0 unspecified atom stereocenters. The summed E-state index contributed by atoms with van der Waals surface area (Å²) in [5.74, 6) is 1.37. The largest absolute Gasteiger partial charge is 0.497 e. The SMILES string of the molecule is CC[C@H](C)c1ccc(NC(=O)CSc2nnnn2-c2ccc(OC)cc2)cc1. The number of nitrogens with zero attached hydrogens (tertiary/aromatic N) is 4. The average Bonchev–Trinajstić information content (AvgIpc) is 3.21. The molecule has 146 valence electrons. The lowest BCUT2D eigenvalue weighted by Crippen LogP contribution is -2.14. The van der Waals surface area contributed by atoms with Gasteiger partial charge >= 0.3 is 0 Å². The van der Waals surface area contributed by atoms with Crippen molar-refractivity contribution in [1.82, 2.24) is 20.2 Å². The van der Waals surface area contributed by atoms with Gasteiger partial charge in [0, 0.05) is 5.69 Å². The normalized spacial score (nSPS) is 11.8. The molecule has 1 heterocycles. The molecule has 1 amide bonds.